The van der Waals surface area contributed by atoms with Gasteiger partial charge in [-0.1, -0.05) is 176 Å². The average Bonchev–Trinajstić information content (AvgIpc) is 3.27. The number of amides is 1. The maximum atomic E-state index is 13.2. The summed E-state index contributed by atoms with van der Waals surface area (Å²) in [6, 6.07) is 51.9. The van der Waals surface area contributed by atoms with Crippen molar-refractivity contribution in [2.24, 2.45) is 5.41 Å². The Hall–Kier alpha value is -4.75. The second kappa shape index (κ2) is 21.1. The van der Waals surface area contributed by atoms with Crippen molar-refractivity contribution in [3.63, 3.8) is 0 Å². The van der Waals surface area contributed by atoms with E-state index in [0.29, 0.717) is 6.04 Å². The van der Waals surface area contributed by atoms with E-state index in [9.17, 15) is 4.79 Å². The third kappa shape index (κ3) is 12.5. The van der Waals surface area contributed by atoms with Gasteiger partial charge in [-0.15, -0.1) is 0 Å². The highest BCUT2D eigenvalue weighted by Crippen LogP contribution is 2.31. The molecule has 6 aromatic carbocycles. The zero-order chi connectivity index (χ0) is 43.6. The normalized spacial score (nSPS) is 17.3. The molecule has 2 saturated heterocycles. The SMILES string of the molecule is Cc1ccc(Cl)c(-c2ccc(CN3CCN(C(=O)C(C)(C)C)C(Cc4ccccc4)C3)cc2)c1.Cc1ccc(Cl)c(-c2ccc(CN3CCNC(Cc4ccccc4)C3)cc2)c1. The second-order valence-electron chi connectivity index (χ2n) is 18.3. The molecule has 0 spiro atoms. The summed E-state index contributed by atoms with van der Waals surface area (Å²) < 4.78 is 0. The van der Waals surface area contributed by atoms with Crippen molar-refractivity contribution in [2.45, 2.75) is 72.6 Å². The van der Waals surface area contributed by atoms with Gasteiger partial charge in [0.25, 0.3) is 0 Å². The first kappa shape index (κ1) is 45.3. The van der Waals surface area contributed by atoms with Gasteiger partial charge in [0.15, 0.2) is 0 Å². The third-order valence-corrected chi connectivity index (χ3v) is 12.7. The molecule has 0 aromatic heterocycles. The maximum absolute atomic E-state index is 13.2. The summed E-state index contributed by atoms with van der Waals surface area (Å²) in [4.78, 5) is 20.4. The Bertz CT molecular complexity index is 2360. The van der Waals surface area contributed by atoms with Gasteiger partial charge in [0.1, 0.15) is 0 Å². The molecule has 6 aromatic rings. The molecule has 8 rings (SSSR count). The molecule has 1 amide bonds. The van der Waals surface area contributed by atoms with Crippen LogP contribution in [0.1, 0.15) is 54.2 Å². The molecule has 7 heteroatoms. The highest BCUT2D eigenvalue weighted by Gasteiger charge is 2.35. The van der Waals surface area contributed by atoms with Crippen LogP contribution < -0.4 is 5.32 Å². The molecule has 0 radical (unpaired) electrons. The minimum Gasteiger partial charge on any atom is -0.336 e. The number of hydrogen-bond donors (Lipinski definition) is 1. The molecule has 2 aliphatic heterocycles. The van der Waals surface area contributed by atoms with Crippen molar-refractivity contribution in [3.05, 3.63) is 189 Å². The van der Waals surface area contributed by atoms with Gasteiger partial charge in [0.05, 0.1) is 0 Å². The highest BCUT2D eigenvalue weighted by molar-refractivity contribution is 6.33. The molecule has 2 fully saturated rings. The Kier molecular flexibility index (Phi) is 15.4. The van der Waals surface area contributed by atoms with Gasteiger partial charge in [0.2, 0.25) is 5.91 Å². The van der Waals surface area contributed by atoms with Crippen LogP contribution in [-0.4, -0.2) is 72.0 Å². The molecule has 0 aliphatic carbocycles. The Morgan fingerprint density at radius 2 is 1.06 bits per heavy atom. The summed E-state index contributed by atoms with van der Waals surface area (Å²) >= 11 is 12.8. The number of halogens is 2. The van der Waals surface area contributed by atoms with E-state index in [1.54, 1.807) is 0 Å². The molecule has 2 heterocycles. The number of aryl methyl sites for hydroxylation is 2. The molecule has 1 N–H and O–H groups in total. The number of piperazine rings is 2. The predicted octanol–water partition coefficient (Wildman–Crippen LogP) is 11.9. The Labute approximate surface area is 380 Å². The first-order valence-corrected chi connectivity index (χ1v) is 22.9. The minimum atomic E-state index is -0.371. The van der Waals surface area contributed by atoms with E-state index < -0.39 is 0 Å². The molecule has 62 heavy (non-hydrogen) atoms. The Morgan fingerprint density at radius 1 is 0.581 bits per heavy atom. The van der Waals surface area contributed by atoms with Crippen LogP contribution in [0.2, 0.25) is 10.0 Å². The lowest BCUT2D eigenvalue weighted by molar-refractivity contribution is -0.144. The van der Waals surface area contributed by atoms with E-state index in [1.165, 1.54) is 38.9 Å². The van der Waals surface area contributed by atoms with Crippen LogP contribution >= 0.6 is 23.2 Å². The highest BCUT2D eigenvalue weighted by atomic mass is 35.5. The molecular weight excluding hydrogens is 804 g/mol. The van der Waals surface area contributed by atoms with Crippen molar-refractivity contribution in [1.82, 2.24) is 20.0 Å². The van der Waals surface area contributed by atoms with Crippen LogP contribution in [0.5, 0.6) is 0 Å². The molecule has 0 bridgehead atoms. The van der Waals surface area contributed by atoms with Crippen LogP contribution in [0.15, 0.2) is 146 Å². The average molecular weight is 866 g/mol. The van der Waals surface area contributed by atoms with Gasteiger partial charge in [-0.3, -0.25) is 14.6 Å². The van der Waals surface area contributed by atoms with E-state index in [2.05, 4.69) is 155 Å². The molecule has 2 atom stereocenters. The lowest BCUT2D eigenvalue weighted by Gasteiger charge is -2.44. The standard InChI is InChI=1S/C30H35ClN2O.C25H27ClN2/c1-22-10-15-28(31)27(18-22)25-13-11-24(12-14-25)20-32-16-17-33(29(34)30(2,3)4)26(21-32)19-23-8-6-5-7-9-23;1-19-7-12-25(26)24(15-19)22-10-8-21(9-11-22)17-28-14-13-27-23(18-28)16-20-5-3-2-4-6-20/h5-15,18,26H,16-17,19-21H2,1-4H3;2-12,15,23,27H,13-14,16-18H2,1H3. The number of carbonyl (C=O) groups is 1. The van der Waals surface area contributed by atoms with Gasteiger partial charge in [0, 0.05) is 91.0 Å². The van der Waals surface area contributed by atoms with E-state index in [-0.39, 0.29) is 17.4 Å². The smallest absolute Gasteiger partial charge is 0.228 e. The number of hydrogen-bond acceptors (Lipinski definition) is 4. The van der Waals surface area contributed by atoms with E-state index >= 15 is 0 Å². The molecule has 5 nitrogen and oxygen atoms in total. The number of nitrogens with zero attached hydrogens (tertiary/aromatic N) is 3. The van der Waals surface area contributed by atoms with E-state index in [0.717, 1.165) is 91.9 Å². The maximum Gasteiger partial charge on any atom is 0.228 e. The van der Waals surface area contributed by atoms with Crippen LogP contribution in [0.3, 0.4) is 0 Å². The van der Waals surface area contributed by atoms with Crippen molar-refractivity contribution < 1.29 is 4.79 Å². The summed E-state index contributed by atoms with van der Waals surface area (Å²) in [5.41, 5.74) is 11.9. The Balaban J connectivity index is 0.000000190. The number of nitrogens with one attached hydrogen (secondary N) is 1. The van der Waals surface area contributed by atoms with Crippen LogP contribution in [0.4, 0.5) is 0 Å². The first-order valence-electron chi connectivity index (χ1n) is 22.2. The lowest BCUT2D eigenvalue weighted by atomic mass is 9.92. The van der Waals surface area contributed by atoms with Gasteiger partial charge in [-0.05, 0) is 84.3 Å². The lowest BCUT2D eigenvalue weighted by Crippen LogP contribution is -2.57. The molecule has 2 aliphatic rings. The summed E-state index contributed by atoms with van der Waals surface area (Å²) in [5.74, 6) is 0.243. The van der Waals surface area contributed by atoms with Gasteiger partial charge in [-0.2, -0.15) is 0 Å². The third-order valence-electron chi connectivity index (χ3n) is 12.0. The van der Waals surface area contributed by atoms with Crippen molar-refractivity contribution in [1.29, 1.82) is 0 Å². The molecule has 0 saturated carbocycles. The monoisotopic (exact) mass is 864 g/mol. The molecular formula is C55H62Cl2N4O. The van der Waals surface area contributed by atoms with Gasteiger partial charge < -0.3 is 10.2 Å². The van der Waals surface area contributed by atoms with Crippen molar-refractivity contribution in [2.75, 3.05) is 39.3 Å². The van der Waals surface area contributed by atoms with Crippen LogP contribution in [0, 0.1) is 19.3 Å². The van der Waals surface area contributed by atoms with Gasteiger partial charge in [-0.25, -0.2) is 0 Å². The fourth-order valence-corrected chi connectivity index (χ4v) is 9.17. The zero-order valence-corrected chi connectivity index (χ0v) is 38.6. The van der Waals surface area contributed by atoms with Crippen LogP contribution in [-0.2, 0) is 30.7 Å². The molecule has 322 valence electrons. The summed E-state index contributed by atoms with van der Waals surface area (Å²) in [5, 5.41) is 5.26. The summed E-state index contributed by atoms with van der Waals surface area (Å²) in [7, 11) is 0. The van der Waals surface area contributed by atoms with E-state index in [1.807, 2.05) is 45.0 Å². The predicted molar refractivity (Wildman–Crippen MR) is 261 cm³/mol. The molecule has 2 unspecified atom stereocenters. The van der Waals surface area contributed by atoms with Gasteiger partial charge >= 0.3 is 0 Å². The topological polar surface area (TPSA) is 38.8 Å². The Morgan fingerprint density at radius 3 is 1.56 bits per heavy atom. The first-order chi connectivity index (χ1) is 29.9. The summed E-state index contributed by atoms with van der Waals surface area (Å²) in [6.45, 7) is 17.9. The van der Waals surface area contributed by atoms with E-state index in [4.69, 9.17) is 23.2 Å². The van der Waals surface area contributed by atoms with Crippen molar-refractivity contribution >= 4 is 29.1 Å². The number of benzene rings is 6. The minimum absolute atomic E-state index is 0.174. The number of rotatable bonds is 10. The zero-order valence-electron chi connectivity index (χ0n) is 37.1. The van der Waals surface area contributed by atoms with Crippen molar-refractivity contribution in [3.8, 4) is 22.3 Å². The second-order valence-corrected chi connectivity index (χ2v) is 19.1. The fourth-order valence-electron chi connectivity index (χ4n) is 8.71. The fraction of sp³-hybridized carbons (Fsp3) is 0.327. The quantitative estimate of drug-likeness (QED) is 0.149. The summed E-state index contributed by atoms with van der Waals surface area (Å²) in [6.07, 6.45) is 1.96. The van der Waals surface area contributed by atoms with Crippen LogP contribution in [0.25, 0.3) is 22.3 Å². The largest absolute Gasteiger partial charge is 0.336 e. The number of carbonyl (C=O) groups excluding carboxylic acids is 1.